The molecule has 1 amide bonds. The van der Waals surface area contributed by atoms with Crippen molar-refractivity contribution < 1.29 is 14.3 Å². The number of para-hydroxylation sites is 1. The van der Waals surface area contributed by atoms with E-state index in [-0.39, 0.29) is 5.91 Å². The largest absolute Gasteiger partial charge is 0.496 e. The van der Waals surface area contributed by atoms with Crippen LogP contribution in [0.25, 0.3) is 11.3 Å². The Bertz CT molecular complexity index is 923. The van der Waals surface area contributed by atoms with Crippen LogP contribution in [0.5, 0.6) is 11.5 Å². The number of amides is 1. The van der Waals surface area contributed by atoms with Crippen LogP contribution in [0, 0.1) is 0 Å². The number of aromatic nitrogens is 1. The molecule has 0 aliphatic rings. The van der Waals surface area contributed by atoms with Crippen LogP contribution in [0.4, 0.5) is 5.13 Å². The maximum absolute atomic E-state index is 12.6. The molecule has 2 aromatic carbocycles. The molecule has 0 unspecified atom stereocenters. The van der Waals surface area contributed by atoms with Crippen molar-refractivity contribution in [2.45, 2.75) is 26.2 Å². The molecule has 1 heterocycles. The molecular formula is C22H24N2O3S. The first-order valence-corrected chi connectivity index (χ1v) is 10.2. The van der Waals surface area contributed by atoms with Crippen LogP contribution < -0.4 is 14.8 Å². The van der Waals surface area contributed by atoms with Crippen molar-refractivity contribution in [2.24, 2.45) is 0 Å². The average Bonchev–Trinajstić information content (AvgIpc) is 3.19. The van der Waals surface area contributed by atoms with Crippen LogP contribution in [0.3, 0.4) is 0 Å². The van der Waals surface area contributed by atoms with Gasteiger partial charge in [-0.1, -0.05) is 38.0 Å². The maximum atomic E-state index is 12.6. The zero-order valence-electron chi connectivity index (χ0n) is 16.1. The van der Waals surface area contributed by atoms with E-state index in [1.54, 1.807) is 19.2 Å². The molecule has 0 saturated carbocycles. The van der Waals surface area contributed by atoms with Crippen molar-refractivity contribution in [2.75, 3.05) is 19.0 Å². The predicted octanol–water partition coefficient (Wildman–Crippen LogP) is 5.64. The number of nitrogens with zero attached hydrogens (tertiary/aromatic N) is 1. The molecule has 3 aromatic rings. The minimum atomic E-state index is -0.208. The van der Waals surface area contributed by atoms with E-state index in [4.69, 9.17) is 9.47 Å². The lowest BCUT2D eigenvalue weighted by Gasteiger charge is -2.08. The molecule has 3 rings (SSSR count). The monoisotopic (exact) mass is 396 g/mol. The van der Waals surface area contributed by atoms with Gasteiger partial charge in [0.1, 0.15) is 11.5 Å². The molecule has 0 aliphatic carbocycles. The van der Waals surface area contributed by atoms with Gasteiger partial charge in [-0.25, -0.2) is 4.98 Å². The molecule has 1 N–H and O–H groups in total. The normalized spacial score (nSPS) is 10.5. The summed E-state index contributed by atoms with van der Waals surface area (Å²) in [6.45, 7) is 2.82. The van der Waals surface area contributed by atoms with E-state index in [2.05, 4.69) is 17.2 Å². The number of methoxy groups -OCH3 is 1. The van der Waals surface area contributed by atoms with Gasteiger partial charge in [-0.15, -0.1) is 11.3 Å². The summed E-state index contributed by atoms with van der Waals surface area (Å²) < 4.78 is 11.1. The predicted molar refractivity (Wildman–Crippen MR) is 114 cm³/mol. The van der Waals surface area contributed by atoms with Crippen LogP contribution >= 0.6 is 11.3 Å². The first-order chi connectivity index (χ1) is 13.7. The van der Waals surface area contributed by atoms with Gasteiger partial charge in [0.05, 0.1) is 19.4 Å². The van der Waals surface area contributed by atoms with Gasteiger partial charge in [0, 0.05) is 16.5 Å². The molecule has 146 valence electrons. The first kappa shape index (κ1) is 19.9. The standard InChI is InChI=1S/C22H24N2O3S/c1-3-4-7-13-27-17-10-8-9-16(14-17)21(25)24-22-23-19(15-28-22)18-11-5-6-12-20(18)26-2/h5-6,8-12,14-15H,3-4,7,13H2,1-2H3,(H,23,24,25). The highest BCUT2D eigenvalue weighted by Gasteiger charge is 2.13. The highest BCUT2D eigenvalue weighted by molar-refractivity contribution is 7.14. The first-order valence-electron chi connectivity index (χ1n) is 9.34. The molecule has 0 aliphatic heterocycles. The second kappa shape index (κ2) is 9.90. The molecule has 0 bridgehead atoms. The van der Waals surface area contributed by atoms with E-state index in [0.29, 0.717) is 23.1 Å². The highest BCUT2D eigenvalue weighted by atomic mass is 32.1. The van der Waals surface area contributed by atoms with Crippen molar-refractivity contribution in [3.63, 3.8) is 0 Å². The van der Waals surface area contributed by atoms with Crippen molar-refractivity contribution in [3.05, 3.63) is 59.5 Å². The lowest BCUT2D eigenvalue weighted by atomic mass is 10.1. The third-order valence-electron chi connectivity index (χ3n) is 4.22. The van der Waals surface area contributed by atoms with Crippen LogP contribution in [0.2, 0.25) is 0 Å². The van der Waals surface area contributed by atoms with Crippen molar-refractivity contribution in [1.29, 1.82) is 0 Å². The fourth-order valence-corrected chi connectivity index (χ4v) is 3.46. The lowest BCUT2D eigenvalue weighted by Crippen LogP contribution is -2.12. The van der Waals surface area contributed by atoms with Gasteiger partial charge in [0.2, 0.25) is 0 Å². The van der Waals surface area contributed by atoms with E-state index in [1.165, 1.54) is 11.3 Å². The minimum absolute atomic E-state index is 0.208. The number of benzene rings is 2. The van der Waals surface area contributed by atoms with Gasteiger partial charge in [0.15, 0.2) is 5.13 Å². The summed E-state index contributed by atoms with van der Waals surface area (Å²) in [6.07, 6.45) is 3.30. The lowest BCUT2D eigenvalue weighted by molar-refractivity contribution is 0.102. The summed E-state index contributed by atoms with van der Waals surface area (Å²) in [4.78, 5) is 17.1. The Kier molecular flexibility index (Phi) is 7.03. The Morgan fingerprint density at radius 1 is 1.14 bits per heavy atom. The Balaban J connectivity index is 1.66. The number of rotatable bonds is 9. The Morgan fingerprint density at radius 3 is 2.82 bits per heavy atom. The van der Waals surface area contributed by atoms with Gasteiger partial charge in [0.25, 0.3) is 5.91 Å². The number of nitrogens with one attached hydrogen (secondary N) is 1. The van der Waals surface area contributed by atoms with Crippen molar-refractivity contribution >= 4 is 22.4 Å². The van der Waals surface area contributed by atoms with E-state index in [9.17, 15) is 4.79 Å². The molecule has 0 fully saturated rings. The number of thiazole rings is 1. The molecular weight excluding hydrogens is 372 g/mol. The van der Waals surface area contributed by atoms with E-state index < -0.39 is 0 Å². The number of hydrogen-bond acceptors (Lipinski definition) is 5. The van der Waals surface area contributed by atoms with Crippen molar-refractivity contribution in [1.82, 2.24) is 4.98 Å². The summed E-state index contributed by atoms with van der Waals surface area (Å²) in [5.41, 5.74) is 2.21. The van der Waals surface area contributed by atoms with E-state index in [1.807, 2.05) is 41.8 Å². The summed E-state index contributed by atoms with van der Waals surface area (Å²) in [5, 5.41) is 5.31. The molecule has 0 atom stereocenters. The molecule has 1 aromatic heterocycles. The summed E-state index contributed by atoms with van der Waals surface area (Å²) in [5.74, 6) is 1.25. The van der Waals surface area contributed by atoms with Crippen LogP contribution in [0.15, 0.2) is 53.9 Å². The van der Waals surface area contributed by atoms with Gasteiger partial charge in [-0.3, -0.25) is 10.1 Å². The Hall–Kier alpha value is -2.86. The smallest absolute Gasteiger partial charge is 0.257 e. The Labute approximate surface area is 169 Å². The molecule has 0 saturated heterocycles. The summed E-state index contributed by atoms with van der Waals surface area (Å²) in [6, 6.07) is 14.9. The zero-order chi connectivity index (χ0) is 19.8. The van der Waals surface area contributed by atoms with E-state index >= 15 is 0 Å². The number of anilines is 1. The van der Waals surface area contributed by atoms with Crippen LogP contribution in [-0.2, 0) is 0 Å². The quantitative estimate of drug-likeness (QED) is 0.476. The topological polar surface area (TPSA) is 60.5 Å². The van der Waals surface area contributed by atoms with Crippen LogP contribution in [0.1, 0.15) is 36.5 Å². The fourth-order valence-electron chi connectivity index (χ4n) is 2.75. The number of unbranched alkanes of at least 4 members (excludes halogenated alkanes) is 2. The molecule has 0 spiro atoms. The summed E-state index contributed by atoms with van der Waals surface area (Å²) >= 11 is 1.38. The third-order valence-corrected chi connectivity index (χ3v) is 4.98. The average molecular weight is 397 g/mol. The fraction of sp³-hybridized carbons (Fsp3) is 0.273. The highest BCUT2D eigenvalue weighted by Crippen LogP contribution is 2.32. The van der Waals surface area contributed by atoms with Gasteiger partial charge in [-0.05, 0) is 36.8 Å². The van der Waals surface area contributed by atoms with Gasteiger partial charge < -0.3 is 9.47 Å². The maximum Gasteiger partial charge on any atom is 0.257 e. The zero-order valence-corrected chi connectivity index (χ0v) is 16.9. The molecule has 0 radical (unpaired) electrons. The minimum Gasteiger partial charge on any atom is -0.496 e. The number of carbonyl (C=O) groups is 1. The number of carbonyl (C=O) groups excluding carboxylic acids is 1. The second-order valence-electron chi connectivity index (χ2n) is 6.28. The van der Waals surface area contributed by atoms with Crippen LogP contribution in [-0.4, -0.2) is 24.6 Å². The SMILES string of the molecule is CCCCCOc1cccc(C(=O)Nc2nc(-c3ccccc3OC)cs2)c1. The van der Waals surface area contributed by atoms with Crippen molar-refractivity contribution in [3.8, 4) is 22.8 Å². The Morgan fingerprint density at radius 2 is 2.00 bits per heavy atom. The number of ether oxygens (including phenoxy) is 2. The summed E-state index contributed by atoms with van der Waals surface area (Å²) in [7, 11) is 1.63. The molecule has 28 heavy (non-hydrogen) atoms. The molecule has 6 heteroatoms. The van der Waals surface area contributed by atoms with E-state index in [0.717, 1.165) is 36.3 Å². The van der Waals surface area contributed by atoms with Gasteiger partial charge in [-0.2, -0.15) is 0 Å². The third kappa shape index (κ3) is 5.10. The number of hydrogen-bond donors (Lipinski definition) is 1. The second-order valence-corrected chi connectivity index (χ2v) is 7.13. The van der Waals surface area contributed by atoms with Gasteiger partial charge >= 0.3 is 0 Å². The molecule has 5 nitrogen and oxygen atoms in total.